The van der Waals surface area contributed by atoms with Crippen LogP contribution in [0.2, 0.25) is 5.02 Å². The molecule has 0 aliphatic heterocycles. The summed E-state index contributed by atoms with van der Waals surface area (Å²) in [5.41, 5.74) is 0.0225. The van der Waals surface area contributed by atoms with Gasteiger partial charge in [0, 0.05) is 17.3 Å². The summed E-state index contributed by atoms with van der Waals surface area (Å²) >= 11 is 6.96. The highest BCUT2D eigenvalue weighted by Gasteiger charge is 2.12. The van der Waals surface area contributed by atoms with E-state index in [4.69, 9.17) is 16.7 Å². The Morgan fingerprint density at radius 2 is 2.12 bits per heavy atom. The summed E-state index contributed by atoms with van der Waals surface area (Å²) in [6.07, 6.45) is 2.96. The number of carboxylic acids is 1. The van der Waals surface area contributed by atoms with Crippen LogP contribution in [0, 0.1) is 0 Å². The lowest BCUT2D eigenvalue weighted by atomic mass is 10.3. The number of nitrogens with zero attached hydrogens (tertiary/aromatic N) is 2. The summed E-state index contributed by atoms with van der Waals surface area (Å²) < 4.78 is 0. The van der Waals surface area contributed by atoms with E-state index in [1.54, 1.807) is 24.3 Å². The summed E-state index contributed by atoms with van der Waals surface area (Å²) in [5.74, 6) is -1.05. The zero-order valence-electron chi connectivity index (χ0n) is 8.50. The van der Waals surface area contributed by atoms with Crippen LogP contribution in [0.4, 0.5) is 0 Å². The van der Waals surface area contributed by atoms with Gasteiger partial charge in [-0.05, 0) is 24.3 Å². The van der Waals surface area contributed by atoms with Gasteiger partial charge in [0.1, 0.15) is 5.03 Å². The molecule has 0 fully saturated rings. The predicted molar refractivity (Wildman–Crippen MR) is 64.6 cm³/mol. The second-order valence-corrected chi connectivity index (χ2v) is 4.57. The standard InChI is InChI=1S/C11H7ClN2O2S/c12-7-3-4-9(14-6-7)17-8-2-1-5-13-10(8)11(15)16/h1-6H,(H,15,16). The van der Waals surface area contributed by atoms with E-state index >= 15 is 0 Å². The number of carbonyl (C=O) groups is 1. The second kappa shape index (κ2) is 5.16. The molecule has 0 aliphatic rings. The summed E-state index contributed by atoms with van der Waals surface area (Å²) in [4.78, 5) is 19.4. The van der Waals surface area contributed by atoms with E-state index in [9.17, 15) is 4.79 Å². The Bertz CT molecular complexity index is 545. The maximum Gasteiger partial charge on any atom is 0.355 e. The van der Waals surface area contributed by atoms with Crippen LogP contribution in [0.15, 0.2) is 46.6 Å². The Balaban J connectivity index is 2.30. The van der Waals surface area contributed by atoms with Crippen molar-refractivity contribution in [3.05, 3.63) is 47.4 Å². The SMILES string of the molecule is O=C(O)c1ncccc1Sc1ccc(Cl)cn1. The molecule has 0 unspecified atom stereocenters. The van der Waals surface area contributed by atoms with Crippen LogP contribution in [0.3, 0.4) is 0 Å². The summed E-state index contributed by atoms with van der Waals surface area (Å²) in [6, 6.07) is 6.81. The lowest BCUT2D eigenvalue weighted by molar-refractivity contribution is 0.0686. The fourth-order valence-corrected chi connectivity index (χ4v) is 2.13. The van der Waals surface area contributed by atoms with Crippen molar-refractivity contribution in [2.24, 2.45) is 0 Å². The molecule has 2 rings (SSSR count). The molecule has 0 aromatic carbocycles. The van der Waals surface area contributed by atoms with Crippen molar-refractivity contribution >= 4 is 29.3 Å². The molecule has 0 atom stereocenters. The molecule has 1 N–H and O–H groups in total. The van der Waals surface area contributed by atoms with E-state index in [1.165, 1.54) is 24.2 Å². The van der Waals surface area contributed by atoms with E-state index in [2.05, 4.69) is 9.97 Å². The Morgan fingerprint density at radius 1 is 1.29 bits per heavy atom. The van der Waals surface area contributed by atoms with Gasteiger partial charge in [-0.2, -0.15) is 0 Å². The van der Waals surface area contributed by atoms with Gasteiger partial charge in [-0.15, -0.1) is 0 Å². The Hall–Kier alpha value is -1.59. The topological polar surface area (TPSA) is 63.1 Å². The number of halogens is 1. The highest BCUT2D eigenvalue weighted by atomic mass is 35.5. The highest BCUT2D eigenvalue weighted by Crippen LogP contribution is 2.28. The molecule has 0 saturated carbocycles. The van der Waals surface area contributed by atoms with Gasteiger partial charge in [0.2, 0.25) is 0 Å². The quantitative estimate of drug-likeness (QED) is 0.925. The second-order valence-electron chi connectivity index (χ2n) is 3.07. The molecule has 0 amide bonds. The van der Waals surface area contributed by atoms with Crippen LogP contribution in [0.25, 0.3) is 0 Å². The van der Waals surface area contributed by atoms with Crippen LogP contribution >= 0.6 is 23.4 Å². The number of hydrogen-bond donors (Lipinski definition) is 1. The number of pyridine rings is 2. The Labute approximate surface area is 107 Å². The molecule has 0 aliphatic carbocycles. The first kappa shape index (κ1) is 11.9. The first-order valence-electron chi connectivity index (χ1n) is 4.64. The van der Waals surface area contributed by atoms with Gasteiger partial charge in [0.05, 0.1) is 5.02 Å². The van der Waals surface area contributed by atoms with Gasteiger partial charge in [-0.3, -0.25) is 0 Å². The predicted octanol–water partition coefficient (Wildman–Crippen LogP) is 2.98. The van der Waals surface area contributed by atoms with E-state index in [0.29, 0.717) is 14.9 Å². The van der Waals surface area contributed by atoms with Gasteiger partial charge in [-0.1, -0.05) is 23.4 Å². The summed E-state index contributed by atoms with van der Waals surface area (Å²) in [7, 11) is 0. The summed E-state index contributed by atoms with van der Waals surface area (Å²) in [6.45, 7) is 0. The van der Waals surface area contributed by atoms with Crippen LogP contribution in [0.1, 0.15) is 10.5 Å². The van der Waals surface area contributed by atoms with Crippen LogP contribution in [-0.4, -0.2) is 21.0 Å². The molecule has 6 heteroatoms. The monoisotopic (exact) mass is 266 g/mol. The molecular formula is C11H7ClN2O2S. The zero-order valence-corrected chi connectivity index (χ0v) is 10.1. The number of aromatic carboxylic acids is 1. The van der Waals surface area contributed by atoms with Crippen molar-refractivity contribution in [2.75, 3.05) is 0 Å². The number of carboxylic acid groups (broad SMARTS) is 1. The molecule has 0 radical (unpaired) electrons. The van der Waals surface area contributed by atoms with Gasteiger partial charge in [0.15, 0.2) is 5.69 Å². The van der Waals surface area contributed by atoms with Crippen molar-refractivity contribution in [3.8, 4) is 0 Å². The average molecular weight is 267 g/mol. The average Bonchev–Trinajstić information content (AvgIpc) is 2.32. The molecule has 0 bridgehead atoms. The normalized spacial score (nSPS) is 10.2. The van der Waals surface area contributed by atoms with Crippen molar-refractivity contribution in [1.82, 2.24) is 9.97 Å². The van der Waals surface area contributed by atoms with Crippen LogP contribution in [-0.2, 0) is 0 Å². The van der Waals surface area contributed by atoms with Crippen LogP contribution < -0.4 is 0 Å². The van der Waals surface area contributed by atoms with Crippen LogP contribution in [0.5, 0.6) is 0 Å². The molecule has 0 spiro atoms. The Kier molecular flexibility index (Phi) is 3.61. The number of aromatic nitrogens is 2. The molecule has 2 heterocycles. The van der Waals surface area contributed by atoms with Gasteiger partial charge >= 0.3 is 5.97 Å². The number of rotatable bonds is 3. The fraction of sp³-hybridized carbons (Fsp3) is 0. The molecule has 2 aromatic heterocycles. The molecule has 17 heavy (non-hydrogen) atoms. The minimum atomic E-state index is -1.05. The van der Waals surface area contributed by atoms with Crippen molar-refractivity contribution in [3.63, 3.8) is 0 Å². The minimum Gasteiger partial charge on any atom is -0.476 e. The molecule has 0 saturated heterocycles. The van der Waals surface area contributed by atoms with Crippen molar-refractivity contribution < 1.29 is 9.90 Å². The van der Waals surface area contributed by atoms with E-state index in [1.807, 2.05) is 0 Å². The van der Waals surface area contributed by atoms with Gasteiger partial charge in [-0.25, -0.2) is 14.8 Å². The lowest BCUT2D eigenvalue weighted by Gasteiger charge is -2.03. The van der Waals surface area contributed by atoms with E-state index in [-0.39, 0.29) is 5.69 Å². The molecule has 4 nitrogen and oxygen atoms in total. The van der Waals surface area contributed by atoms with E-state index in [0.717, 1.165) is 0 Å². The van der Waals surface area contributed by atoms with Gasteiger partial charge in [0.25, 0.3) is 0 Å². The van der Waals surface area contributed by atoms with E-state index < -0.39 is 5.97 Å². The lowest BCUT2D eigenvalue weighted by Crippen LogP contribution is -2.01. The zero-order chi connectivity index (χ0) is 12.3. The van der Waals surface area contributed by atoms with Gasteiger partial charge < -0.3 is 5.11 Å². The number of hydrogen-bond acceptors (Lipinski definition) is 4. The third-order valence-corrected chi connectivity index (χ3v) is 3.11. The minimum absolute atomic E-state index is 0.0225. The highest BCUT2D eigenvalue weighted by molar-refractivity contribution is 7.99. The Morgan fingerprint density at radius 3 is 2.76 bits per heavy atom. The smallest absolute Gasteiger partial charge is 0.355 e. The maximum atomic E-state index is 10.9. The molecule has 86 valence electrons. The van der Waals surface area contributed by atoms with Crippen molar-refractivity contribution in [1.29, 1.82) is 0 Å². The summed E-state index contributed by atoms with van der Waals surface area (Å²) in [5, 5.41) is 10.2. The molecular weight excluding hydrogens is 260 g/mol. The molecule has 2 aromatic rings. The largest absolute Gasteiger partial charge is 0.476 e. The maximum absolute atomic E-state index is 10.9. The first-order valence-corrected chi connectivity index (χ1v) is 5.84. The fourth-order valence-electron chi connectivity index (χ4n) is 1.17. The van der Waals surface area contributed by atoms with Crippen molar-refractivity contribution in [2.45, 2.75) is 9.92 Å². The third kappa shape index (κ3) is 2.95. The first-order chi connectivity index (χ1) is 8.16. The third-order valence-electron chi connectivity index (χ3n) is 1.89.